The van der Waals surface area contributed by atoms with E-state index >= 15 is 0 Å². The van der Waals surface area contributed by atoms with E-state index in [2.05, 4.69) is 10.3 Å². The Bertz CT molecular complexity index is 579. The van der Waals surface area contributed by atoms with Crippen LogP contribution in [0.25, 0.3) is 0 Å². The molecule has 0 unspecified atom stereocenters. The molecule has 0 spiro atoms. The summed E-state index contributed by atoms with van der Waals surface area (Å²) in [5, 5.41) is 2.86. The molecule has 0 bridgehead atoms. The van der Waals surface area contributed by atoms with E-state index in [0.29, 0.717) is 12.1 Å². The highest BCUT2D eigenvalue weighted by Crippen LogP contribution is 2.07. The van der Waals surface area contributed by atoms with Gasteiger partial charge in [-0.2, -0.15) is 0 Å². The smallest absolute Gasteiger partial charge is 0.251 e. The van der Waals surface area contributed by atoms with E-state index in [1.807, 2.05) is 10.8 Å². The van der Waals surface area contributed by atoms with Gasteiger partial charge in [0.05, 0.1) is 6.33 Å². The summed E-state index contributed by atoms with van der Waals surface area (Å²) in [7, 11) is -1.01. The molecule has 0 radical (unpaired) electrons. The third-order valence-electron chi connectivity index (χ3n) is 2.89. The zero-order valence-electron chi connectivity index (χ0n) is 11.3. The Balaban J connectivity index is 1.78. The molecule has 5 nitrogen and oxygen atoms in total. The van der Waals surface area contributed by atoms with Crippen LogP contribution in [0.2, 0.25) is 0 Å². The fraction of sp³-hybridized carbons (Fsp3) is 0.286. The van der Waals surface area contributed by atoms with Gasteiger partial charge in [0, 0.05) is 53.0 Å². The topological polar surface area (TPSA) is 64.0 Å². The quantitative estimate of drug-likeness (QED) is 0.819. The van der Waals surface area contributed by atoms with Crippen LogP contribution in [0.15, 0.2) is 47.9 Å². The van der Waals surface area contributed by atoms with Crippen molar-refractivity contribution >= 4 is 16.7 Å². The molecule has 1 heterocycles. The summed E-state index contributed by atoms with van der Waals surface area (Å²) < 4.78 is 13.2. The summed E-state index contributed by atoms with van der Waals surface area (Å²) in [6.45, 7) is 1.44. The fourth-order valence-corrected chi connectivity index (χ4v) is 2.30. The highest BCUT2D eigenvalue weighted by molar-refractivity contribution is 7.84. The van der Waals surface area contributed by atoms with Gasteiger partial charge in [-0.25, -0.2) is 4.98 Å². The number of nitrogens with one attached hydrogen (secondary N) is 1. The summed E-state index contributed by atoms with van der Waals surface area (Å²) in [5.74, 6) is -0.107. The maximum Gasteiger partial charge on any atom is 0.251 e. The van der Waals surface area contributed by atoms with Gasteiger partial charge in [0.2, 0.25) is 0 Å². The van der Waals surface area contributed by atoms with Crippen molar-refractivity contribution < 1.29 is 9.00 Å². The third kappa shape index (κ3) is 4.03. The number of hydrogen-bond acceptors (Lipinski definition) is 3. The number of amides is 1. The van der Waals surface area contributed by atoms with Crippen LogP contribution in [-0.4, -0.2) is 32.5 Å². The minimum Gasteiger partial charge on any atom is -0.352 e. The zero-order chi connectivity index (χ0) is 14.4. The molecule has 6 heteroatoms. The van der Waals surface area contributed by atoms with Gasteiger partial charge in [-0.1, -0.05) is 0 Å². The number of imidazole rings is 1. The lowest BCUT2D eigenvalue weighted by Gasteiger charge is -2.06. The second-order valence-corrected chi connectivity index (χ2v) is 5.77. The van der Waals surface area contributed by atoms with Crippen LogP contribution in [0.5, 0.6) is 0 Å². The molecule has 20 heavy (non-hydrogen) atoms. The lowest BCUT2D eigenvalue weighted by Crippen LogP contribution is -2.25. The molecule has 1 aromatic carbocycles. The molecule has 0 aliphatic carbocycles. The van der Waals surface area contributed by atoms with Crippen LogP contribution in [0.3, 0.4) is 0 Å². The van der Waals surface area contributed by atoms with Gasteiger partial charge in [-0.05, 0) is 30.7 Å². The van der Waals surface area contributed by atoms with Gasteiger partial charge in [0.25, 0.3) is 5.91 Å². The SMILES string of the molecule is C[S@@](=O)c1ccc(C(=O)NCCCn2ccnc2)cc1. The molecule has 1 amide bonds. The van der Waals surface area contributed by atoms with Gasteiger partial charge in [0.1, 0.15) is 0 Å². The van der Waals surface area contributed by atoms with E-state index in [9.17, 15) is 9.00 Å². The molecule has 106 valence electrons. The highest BCUT2D eigenvalue weighted by Gasteiger charge is 2.05. The van der Waals surface area contributed by atoms with E-state index in [1.165, 1.54) is 0 Å². The molecule has 1 aromatic heterocycles. The second kappa shape index (κ2) is 7.00. The maximum atomic E-state index is 11.9. The first-order valence-corrected chi connectivity index (χ1v) is 7.90. The Morgan fingerprint density at radius 1 is 1.35 bits per heavy atom. The predicted molar refractivity (Wildman–Crippen MR) is 78.0 cm³/mol. The molecule has 0 aliphatic heterocycles. The zero-order valence-corrected chi connectivity index (χ0v) is 12.1. The molecule has 2 aromatic rings. The number of aryl methyl sites for hydroxylation is 1. The average Bonchev–Trinajstić information content (AvgIpc) is 2.96. The summed E-state index contributed by atoms with van der Waals surface area (Å²) in [6.07, 6.45) is 7.85. The van der Waals surface area contributed by atoms with Gasteiger partial charge < -0.3 is 9.88 Å². The number of nitrogens with zero attached hydrogens (tertiary/aromatic N) is 2. The normalized spacial score (nSPS) is 12.1. The van der Waals surface area contributed by atoms with Crippen LogP contribution in [0.1, 0.15) is 16.8 Å². The molecule has 2 rings (SSSR count). The number of hydrogen-bond donors (Lipinski definition) is 1. The first-order chi connectivity index (χ1) is 9.66. The molecule has 1 N–H and O–H groups in total. The lowest BCUT2D eigenvalue weighted by molar-refractivity contribution is 0.0952. The Labute approximate surface area is 120 Å². The molecule has 0 saturated carbocycles. The highest BCUT2D eigenvalue weighted by atomic mass is 32.2. The van der Waals surface area contributed by atoms with Crippen molar-refractivity contribution in [3.05, 3.63) is 48.5 Å². The minimum atomic E-state index is -1.01. The van der Waals surface area contributed by atoms with Gasteiger partial charge in [-0.3, -0.25) is 9.00 Å². The fourth-order valence-electron chi connectivity index (χ4n) is 1.78. The Morgan fingerprint density at radius 2 is 2.10 bits per heavy atom. The minimum absolute atomic E-state index is 0.107. The molecular formula is C14H17N3O2S. The van der Waals surface area contributed by atoms with E-state index < -0.39 is 10.8 Å². The summed E-state index contributed by atoms with van der Waals surface area (Å²) in [4.78, 5) is 16.6. The third-order valence-corrected chi connectivity index (χ3v) is 3.82. The molecule has 0 fully saturated rings. The second-order valence-electron chi connectivity index (χ2n) is 4.39. The summed E-state index contributed by atoms with van der Waals surface area (Å²) in [6, 6.07) is 6.83. The average molecular weight is 291 g/mol. The van der Waals surface area contributed by atoms with E-state index in [-0.39, 0.29) is 5.91 Å². The van der Waals surface area contributed by atoms with Gasteiger partial charge in [0.15, 0.2) is 0 Å². The van der Waals surface area contributed by atoms with Crippen molar-refractivity contribution in [1.82, 2.24) is 14.9 Å². The van der Waals surface area contributed by atoms with Crippen molar-refractivity contribution in [2.24, 2.45) is 0 Å². The Morgan fingerprint density at radius 3 is 2.70 bits per heavy atom. The summed E-state index contributed by atoms with van der Waals surface area (Å²) >= 11 is 0. The van der Waals surface area contributed by atoms with Gasteiger partial charge >= 0.3 is 0 Å². The summed E-state index contributed by atoms with van der Waals surface area (Å²) in [5.41, 5.74) is 0.585. The number of aromatic nitrogens is 2. The van der Waals surface area contributed by atoms with E-state index in [4.69, 9.17) is 0 Å². The Hall–Kier alpha value is -1.95. The van der Waals surface area contributed by atoms with Crippen molar-refractivity contribution in [3.63, 3.8) is 0 Å². The first kappa shape index (κ1) is 14.5. The van der Waals surface area contributed by atoms with Crippen LogP contribution in [0.4, 0.5) is 0 Å². The molecule has 0 saturated heterocycles. The first-order valence-electron chi connectivity index (χ1n) is 6.34. The predicted octanol–water partition coefficient (Wildman–Crippen LogP) is 1.44. The number of carbonyl (C=O) groups is 1. The monoisotopic (exact) mass is 291 g/mol. The standard InChI is InChI=1S/C14H17N3O2S/c1-20(19)13-5-3-12(4-6-13)14(18)16-7-2-9-17-10-8-15-11-17/h3-6,8,10-11H,2,7,9H2,1H3,(H,16,18)/t20-/m1/s1. The molecule has 0 aliphatic rings. The number of rotatable bonds is 6. The number of carbonyl (C=O) groups excluding carboxylic acids is 1. The van der Waals surface area contributed by atoms with Crippen molar-refractivity contribution in [3.8, 4) is 0 Å². The van der Waals surface area contributed by atoms with Crippen LogP contribution in [-0.2, 0) is 17.3 Å². The maximum absolute atomic E-state index is 11.9. The Kier molecular flexibility index (Phi) is 5.06. The molecule has 1 atom stereocenters. The van der Waals surface area contributed by atoms with Crippen LogP contribution < -0.4 is 5.32 Å². The van der Waals surface area contributed by atoms with Crippen LogP contribution >= 0.6 is 0 Å². The largest absolute Gasteiger partial charge is 0.352 e. The van der Waals surface area contributed by atoms with Crippen LogP contribution in [0, 0.1) is 0 Å². The van der Waals surface area contributed by atoms with E-state index in [0.717, 1.165) is 17.9 Å². The number of benzene rings is 1. The van der Waals surface area contributed by atoms with Gasteiger partial charge in [-0.15, -0.1) is 0 Å². The van der Waals surface area contributed by atoms with Crippen molar-refractivity contribution in [2.75, 3.05) is 12.8 Å². The lowest BCUT2D eigenvalue weighted by atomic mass is 10.2. The van der Waals surface area contributed by atoms with Crippen molar-refractivity contribution in [1.29, 1.82) is 0 Å². The molecular weight excluding hydrogens is 274 g/mol. The van der Waals surface area contributed by atoms with E-state index in [1.54, 1.807) is 43.0 Å². The van der Waals surface area contributed by atoms with Crippen molar-refractivity contribution in [2.45, 2.75) is 17.9 Å².